The fourth-order valence-electron chi connectivity index (χ4n) is 3.06. The Morgan fingerprint density at radius 1 is 1.07 bits per heavy atom. The van der Waals surface area contributed by atoms with Crippen molar-refractivity contribution in [1.29, 1.82) is 0 Å². The number of nitrogens with zero attached hydrogens (tertiary/aromatic N) is 3. The lowest BCUT2D eigenvalue weighted by Gasteiger charge is -2.25. The molecule has 0 atom stereocenters. The molecule has 0 radical (unpaired) electrons. The second-order valence-electron chi connectivity index (χ2n) is 6.66. The van der Waals surface area contributed by atoms with E-state index in [9.17, 15) is 4.79 Å². The van der Waals surface area contributed by atoms with E-state index < -0.39 is 0 Å². The second kappa shape index (κ2) is 10.1. The van der Waals surface area contributed by atoms with Crippen LogP contribution in [0.2, 0.25) is 5.02 Å². The molecular formula is C20H25Cl2N3OS. The number of amidine groups is 1. The number of thiophene rings is 1. The number of carbonyl (C=O) groups is 1. The predicted molar refractivity (Wildman–Crippen MR) is 117 cm³/mol. The van der Waals surface area contributed by atoms with Gasteiger partial charge in [-0.25, -0.2) is 0 Å². The first-order valence-corrected chi connectivity index (χ1v) is 10.2. The molecule has 0 unspecified atom stereocenters. The summed E-state index contributed by atoms with van der Waals surface area (Å²) in [4.78, 5) is 23.1. The summed E-state index contributed by atoms with van der Waals surface area (Å²) in [6, 6.07) is 11.5. The van der Waals surface area contributed by atoms with E-state index in [0.29, 0.717) is 17.1 Å². The number of amides is 1. The van der Waals surface area contributed by atoms with Crippen molar-refractivity contribution in [3.8, 4) is 0 Å². The van der Waals surface area contributed by atoms with E-state index in [2.05, 4.69) is 36.3 Å². The smallest absolute Gasteiger partial charge is 0.253 e. The zero-order valence-corrected chi connectivity index (χ0v) is 18.0. The largest absolute Gasteiger partial charge is 0.354 e. The highest BCUT2D eigenvalue weighted by atomic mass is 35.5. The predicted octanol–water partition coefficient (Wildman–Crippen LogP) is 4.83. The van der Waals surface area contributed by atoms with Gasteiger partial charge in [-0.2, -0.15) is 0 Å². The molecule has 1 aromatic carbocycles. The van der Waals surface area contributed by atoms with E-state index in [1.165, 1.54) is 4.88 Å². The molecule has 1 saturated heterocycles. The topological polar surface area (TPSA) is 35.9 Å². The summed E-state index contributed by atoms with van der Waals surface area (Å²) in [6.07, 6.45) is 0.932. The Balaban J connectivity index is 0.00000261. The van der Waals surface area contributed by atoms with Crippen LogP contribution in [0, 0.1) is 0 Å². The van der Waals surface area contributed by atoms with Crippen LogP contribution in [0.1, 0.15) is 35.5 Å². The quantitative estimate of drug-likeness (QED) is 0.521. The number of carbonyl (C=O) groups excluding carboxylic acids is 1. The lowest BCUT2D eigenvalue weighted by Crippen LogP contribution is -2.37. The van der Waals surface area contributed by atoms with Gasteiger partial charge in [0.05, 0.1) is 4.88 Å². The number of hydrogen-bond donors (Lipinski definition) is 0. The first-order valence-electron chi connectivity index (χ1n) is 8.96. The van der Waals surface area contributed by atoms with Gasteiger partial charge in [0.25, 0.3) is 5.91 Å². The van der Waals surface area contributed by atoms with Crippen molar-refractivity contribution in [2.45, 2.75) is 26.3 Å². The van der Waals surface area contributed by atoms with E-state index in [4.69, 9.17) is 16.6 Å². The summed E-state index contributed by atoms with van der Waals surface area (Å²) in [6.45, 7) is 7.36. The molecule has 1 aliphatic rings. The molecule has 1 aliphatic heterocycles. The van der Waals surface area contributed by atoms with Crippen LogP contribution < -0.4 is 0 Å². The minimum Gasteiger partial charge on any atom is -0.354 e. The Bertz CT molecular complexity index is 760. The fraction of sp³-hybridized carbons (Fsp3) is 0.400. The number of rotatable bonds is 3. The van der Waals surface area contributed by atoms with Crippen molar-refractivity contribution in [3.05, 3.63) is 57.2 Å². The molecular weight excluding hydrogens is 401 g/mol. The average molecular weight is 426 g/mol. The molecule has 4 nitrogen and oxygen atoms in total. The maximum Gasteiger partial charge on any atom is 0.253 e. The van der Waals surface area contributed by atoms with Crippen LogP contribution in [0.25, 0.3) is 0 Å². The van der Waals surface area contributed by atoms with Crippen molar-refractivity contribution in [2.24, 2.45) is 4.99 Å². The Morgan fingerprint density at radius 2 is 1.74 bits per heavy atom. The van der Waals surface area contributed by atoms with Crippen molar-refractivity contribution >= 4 is 47.1 Å². The van der Waals surface area contributed by atoms with E-state index >= 15 is 0 Å². The monoisotopic (exact) mass is 425 g/mol. The van der Waals surface area contributed by atoms with Crippen LogP contribution in [-0.4, -0.2) is 53.8 Å². The third-order valence-electron chi connectivity index (χ3n) is 4.30. The molecule has 0 bridgehead atoms. The number of hydrogen-bond acceptors (Lipinski definition) is 3. The number of halogens is 2. The highest BCUT2D eigenvalue weighted by Crippen LogP contribution is 2.18. The third-order valence-corrected chi connectivity index (χ3v) is 5.41. The molecule has 27 heavy (non-hydrogen) atoms. The molecule has 0 N–H and O–H groups in total. The minimum atomic E-state index is 0. The summed E-state index contributed by atoms with van der Waals surface area (Å²) in [5.41, 5.74) is 0.692. The summed E-state index contributed by atoms with van der Waals surface area (Å²) in [7, 11) is 0. The number of benzene rings is 1. The summed E-state index contributed by atoms with van der Waals surface area (Å²) in [5.74, 6) is 1.12. The van der Waals surface area contributed by atoms with E-state index in [1.807, 2.05) is 4.90 Å². The van der Waals surface area contributed by atoms with Crippen molar-refractivity contribution in [2.75, 3.05) is 26.2 Å². The molecule has 2 aromatic rings. The minimum absolute atomic E-state index is 0. The Kier molecular flexibility index (Phi) is 8.14. The first kappa shape index (κ1) is 21.7. The number of aliphatic imine (C=N–C) groups is 1. The lowest BCUT2D eigenvalue weighted by atomic mass is 10.2. The van der Waals surface area contributed by atoms with Crippen LogP contribution in [0.5, 0.6) is 0 Å². The molecule has 146 valence electrons. The third kappa shape index (κ3) is 5.71. The van der Waals surface area contributed by atoms with Gasteiger partial charge < -0.3 is 9.80 Å². The average Bonchev–Trinajstić information content (AvgIpc) is 3.04. The van der Waals surface area contributed by atoms with Crippen LogP contribution in [0.15, 0.2) is 46.8 Å². The zero-order chi connectivity index (χ0) is 18.5. The molecule has 3 rings (SSSR count). The maximum absolute atomic E-state index is 12.8. The van der Waals surface area contributed by atoms with Gasteiger partial charge in [0.1, 0.15) is 5.84 Å². The summed E-state index contributed by atoms with van der Waals surface area (Å²) < 4.78 is 0. The maximum atomic E-state index is 12.8. The standard InChI is InChI=1S/C20H24ClN3OS.ClH/c1-15(2)22-19(18-5-3-14-26-18)23-10-4-11-24(13-12-23)20(25)16-6-8-17(21)9-7-16;/h3,5-9,14-15H,4,10-13H2,1-2H3;1H. The SMILES string of the molecule is CC(C)N=C(c1cccs1)N1CCCN(C(=O)c2ccc(Cl)cc2)CC1.Cl. The molecule has 0 aliphatic carbocycles. The fourth-order valence-corrected chi connectivity index (χ4v) is 3.93. The van der Waals surface area contributed by atoms with Gasteiger partial charge in [-0.3, -0.25) is 9.79 Å². The van der Waals surface area contributed by atoms with E-state index in [1.54, 1.807) is 35.6 Å². The van der Waals surface area contributed by atoms with E-state index in [0.717, 1.165) is 31.9 Å². The van der Waals surface area contributed by atoms with Crippen LogP contribution in [0.3, 0.4) is 0 Å². The molecule has 0 saturated carbocycles. The van der Waals surface area contributed by atoms with Crippen LogP contribution in [0.4, 0.5) is 0 Å². The van der Waals surface area contributed by atoms with Gasteiger partial charge in [-0.15, -0.1) is 23.7 Å². The second-order valence-corrected chi connectivity index (χ2v) is 8.05. The zero-order valence-electron chi connectivity index (χ0n) is 15.6. The Hall–Kier alpha value is -1.56. The van der Waals surface area contributed by atoms with Crippen LogP contribution >= 0.6 is 35.3 Å². The Labute approximate surface area is 176 Å². The van der Waals surface area contributed by atoms with Gasteiger partial charge in [-0.1, -0.05) is 17.7 Å². The molecule has 0 spiro atoms. The van der Waals surface area contributed by atoms with Gasteiger partial charge >= 0.3 is 0 Å². The highest BCUT2D eigenvalue weighted by molar-refractivity contribution is 7.12. The van der Waals surface area contributed by atoms with Gasteiger partial charge in [0, 0.05) is 42.8 Å². The normalized spacial score (nSPS) is 15.5. The molecule has 1 fully saturated rings. The van der Waals surface area contributed by atoms with Gasteiger partial charge in [0.15, 0.2) is 0 Å². The van der Waals surface area contributed by atoms with Crippen LogP contribution in [-0.2, 0) is 0 Å². The van der Waals surface area contributed by atoms with Crippen molar-refractivity contribution < 1.29 is 4.79 Å². The molecule has 1 aromatic heterocycles. The first-order chi connectivity index (χ1) is 12.5. The van der Waals surface area contributed by atoms with Gasteiger partial charge in [0.2, 0.25) is 0 Å². The molecule has 1 amide bonds. The van der Waals surface area contributed by atoms with Gasteiger partial charge in [-0.05, 0) is 56.0 Å². The molecule has 2 heterocycles. The lowest BCUT2D eigenvalue weighted by molar-refractivity contribution is 0.0764. The summed E-state index contributed by atoms with van der Waals surface area (Å²) >= 11 is 7.64. The summed E-state index contributed by atoms with van der Waals surface area (Å²) in [5, 5.41) is 2.73. The Morgan fingerprint density at radius 3 is 2.37 bits per heavy atom. The van der Waals surface area contributed by atoms with Crippen molar-refractivity contribution in [3.63, 3.8) is 0 Å². The molecule has 7 heteroatoms. The van der Waals surface area contributed by atoms with Crippen molar-refractivity contribution in [1.82, 2.24) is 9.80 Å². The highest BCUT2D eigenvalue weighted by Gasteiger charge is 2.23. The van der Waals surface area contributed by atoms with E-state index in [-0.39, 0.29) is 24.4 Å².